The van der Waals surface area contributed by atoms with Crippen molar-refractivity contribution in [3.63, 3.8) is 0 Å². The average molecular weight is 428 g/mol. The van der Waals surface area contributed by atoms with E-state index in [0.29, 0.717) is 9.90 Å². The van der Waals surface area contributed by atoms with Gasteiger partial charge in [-0.25, -0.2) is 5.43 Å². The van der Waals surface area contributed by atoms with Crippen LogP contribution in [0.4, 0.5) is 0 Å². The van der Waals surface area contributed by atoms with E-state index in [9.17, 15) is 4.79 Å². The molecule has 0 aliphatic carbocycles. The van der Waals surface area contributed by atoms with Gasteiger partial charge in [0.05, 0.1) is 15.6 Å². The summed E-state index contributed by atoms with van der Waals surface area (Å²) in [4.78, 5) is 13.9. The van der Waals surface area contributed by atoms with Crippen LogP contribution in [-0.4, -0.2) is 11.6 Å². The molecular formula is C16H12BrClN2OS2. The third-order valence-electron chi connectivity index (χ3n) is 3.23. The standard InChI is InChI=1S/C16H12BrClN2OS2/c1-2-11(12-4-3-7-22-12)19-20-16(21)15-14(18)10-6-5-9(17)8-13(10)23-15/h3-8H,2H2,1H3,(H,20,21). The first-order chi connectivity index (χ1) is 11.1. The van der Waals surface area contributed by atoms with E-state index < -0.39 is 0 Å². The maximum absolute atomic E-state index is 12.4. The van der Waals surface area contributed by atoms with Gasteiger partial charge in [0.2, 0.25) is 0 Å². The number of carbonyl (C=O) groups excluding carboxylic acids is 1. The van der Waals surface area contributed by atoms with E-state index in [2.05, 4.69) is 26.5 Å². The van der Waals surface area contributed by atoms with E-state index in [4.69, 9.17) is 11.6 Å². The summed E-state index contributed by atoms with van der Waals surface area (Å²) in [6.07, 6.45) is 0.744. The van der Waals surface area contributed by atoms with Gasteiger partial charge in [-0.05, 0) is 30.0 Å². The monoisotopic (exact) mass is 426 g/mol. The molecule has 0 aliphatic rings. The van der Waals surface area contributed by atoms with Crippen LogP contribution >= 0.6 is 50.2 Å². The molecule has 3 nitrogen and oxygen atoms in total. The Hall–Kier alpha value is -1.21. The number of hydrogen-bond donors (Lipinski definition) is 1. The van der Waals surface area contributed by atoms with Crippen LogP contribution in [0.25, 0.3) is 10.1 Å². The maximum atomic E-state index is 12.4. The van der Waals surface area contributed by atoms with Gasteiger partial charge in [-0.1, -0.05) is 46.6 Å². The predicted octanol–water partition coefficient (Wildman–Crippen LogP) is 5.92. The van der Waals surface area contributed by atoms with Crippen molar-refractivity contribution in [2.24, 2.45) is 5.10 Å². The van der Waals surface area contributed by atoms with Gasteiger partial charge in [0.25, 0.3) is 5.91 Å². The van der Waals surface area contributed by atoms with Gasteiger partial charge in [-0.2, -0.15) is 5.10 Å². The molecule has 1 N–H and O–H groups in total. The van der Waals surface area contributed by atoms with Gasteiger partial charge in [0.1, 0.15) is 4.88 Å². The van der Waals surface area contributed by atoms with Crippen molar-refractivity contribution in [1.29, 1.82) is 0 Å². The number of benzene rings is 1. The highest BCUT2D eigenvalue weighted by molar-refractivity contribution is 9.10. The minimum absolute atomic E-state index is 0.283. The Bertz CT molecular complexity index is 887. The number of carbonyl (C=O) groups is 1. The van der Waals surface area contributed by atoms with Crippen LogP contribution in [-0.2, 0) is 0 Å². The summed E-state index contributed by atoms with van der Waals surface area (Å²) in [5, 5.41) is 7.59. The van der Waals surface area contributed by atoms with Crippen molar-refractivity contribution in [2.45, 2.75) is 13.3 Å². The smallest absolute Gasteiger partial charge is 0.266 e. The van der Waals surface area contributed by atoms with Gasteiger partial charge in [-0.3, -0.25) is 4.79 Å². The number of rotatable bonds is 4. The van der Waals surface area contributed by atoms with Crippen molar-refractivity contribution in [3.05, 3.63) is 55.0 Å². The second-order valence-corrected chi connectivity index (χ2v) is 8.01. The number of nitrogens with one attached hydrogen (secondary N) is 1. The van der Waals surface area contributed by atoms with E-state index in [0.717, 1.165) is 31.6 Å². The SMILES string of the molecule is CCC(=NNC(=O)c1sc2cc(Br)ccc2c1Cl)c1cccs1. The summed E-state index contributed by atoms with van der Waals surface area (Å²) >= 11 is 12.7. The van der Waals surface area contributed by atoms with Crippen LogP contribution in [0.1, 0.15) is 27.9 Å². The molecule has 0 aliphatic heterocycles. The summed E-state index contributed by atoms with van der Waals surface area (Å²) < 4.78 is 1.92. The van der Waals surface area contributed by atoms with Crippen molar-refractivity contribution in [2.75, 3.05) is 0 Å². The Morgan fingerprint density at radius 2 is 2.22 bits per heavy atom. The summed E-state index contributed by atoms with van der Waals surface area (Å²) in [6, 6.07) is 9.72. The Balaban J connectivity index is 1.87. The van der Waals surface area contributed by atoms with Gasteiger partial charge < -0.3 is 0 Å². The lowest BCUT2D eigenvalue weighted by Gasteiger charge is -2.02. The second kappa shape index (κ2) is 7.13. The molecule has 0 radical (unpaired) electrons. The molecule has 1 amide bonds. The Labute approximate surface area is 155 Å². The van der Waals surface area contributed by atoms with Crippen LogP contribution in [0.5, 0.6) is 0 Å². The number of halogens is 2. The van der Waals surface area contributed by atoms with Crippen molar-refractivity contribution in [3.8, 4) is 0 Å². The third-order valence-corrected chi connectivity index (χ3v) is 6.30. The molecule has 0 unspecified atom stereocenters. The van der Waals surface area contributed by atoms with Crippen molar-refractivity contribution in [1.82, 2.24) is 5.43 Å². The number of thiophene rings is 2. The zero-order chi connectivity index (χ0) is 16.4. The normalized spacial score (nSPS) is 11.9. The van der Waals surface area contributed by atoms with E-state index in [-0.39, 0.29) is 5.91 Å². The van der Waals surface area contributed by atoms with E-state index in [1.807, 2.05) is 42.6 Å². The van der Waals surface area contributed by atoms with Crippen LogP contribution in [0.15, 0.2) is 45.3 Å². The minimum atomic E-state index is -0.283. The molecule has 3 rings (SSSR count). The number of hydrogen-bond acceptors (Lipinski definition) is 4. The highest BCUT2D eigenvalue weighted by Gasteiger charge is 2.17. The molecule has 23 heavy (non-hydrogen) atoms. The van der Waals surface area contributed by atoms with Gasteiger partial charge in [0.15, 0.2) is 0 Å². The summed E-state index contributed by atoms with van der Waals surface area (Å²) in [5.74, 6) is -0.283. The summed E-state index contributed by atoms with van der Waals surface area (Å²) in [5.41, 5.74) is 3.48. The zero-order valence-corrected chi connectivity index (χ0v) is 16.1. The summed E-state index contributed by atoms with van der Waals surface area (Å²) in [6.45, 7) is 2.01. The highest BCUT2D eigenvalue weighted by Crippen LogP contribution is 2.36. The first-order valence-corrected chi connectivity index (χ1v) is 9.75. The molecule has 0 saturated carbocycles. The lowest BCUT2D eigenvalue weighted by atomic mass is 10.2. The van der Waals surface area contributed by atoms with E-state index in [1.165, 1.54) is 11.3 Å². The number of amides is 1. The van der Waals surface area contributed by atoms with Crippen LogP contribution in [0, 0.1) is 0 Å². The van der Waals surface area contributed by atoms with E-state index >= 15 is 0 Å². The molecule has 7 heteroatoms. The Morgan fingerprint density at radius 3 is 2.91 bits per heavy atom. The van der Waals surface area contributed by atoms with Gasteiger partial charge in [-0.15, -0.1) is 22.7 Å². The Morgan fingerprint density at radius 1 is 1.39 bits per heavy atom. The molecule has 0 saturated heterocycles. The zero-order valence-electron chi connectivity index (χ0n) is 12.1. The van der Waals surface area contributed by atoms with Crippen LogP contribution in [0.2, 0.25) is 5.02 Å². The fourth-order valence-corrected chi connectivity index (χ4v) is 4.85. The number of nitrogens with zero attached hydrogens (tertiary/aromatic N) is 1. The van der Waals surface area contributed by atoms with Crippen molar-refractivity contribution >= 4 is 71.9 Å². The lowest BCUT2D eigenvalue weighted by Crippen LogP contribution is -2.19. The fraction of sp³-hybridized carbons (Fsp3) is 0.125. The molecular weight excluding hydrogens is 416 g/mol. The van der Waals surface area contributed by atoms with Gasteiger partial charge in [0, 0.05) is 14.6 Å². The molecule has 2 aromatic heterocycles. The maximum Gasteiger partial charge on any atom is 0.283 e. The molecule has 1 aromatic carbocycles. The first-order valence-electron chi connectivity index (χ1n) is 6.88. The molecule has 0 spiro atoms. The van der Waals surface area contributed by atoms with E-state index in [1.54, 1.807) is 11.3 Å². The lowest BCUT2D eigenvalue weighted by molar-refractivity contribution is 0.0959. The fourth-order valence-electron chi connectivity index (χ4n) is 2.11. The quantitative estimate of drug-likeness (QED) is 0.407. The molecule has 0 atom stereocenters. The number of fused-ring (bicyclic) bond motifs is 1. The van der Waals surface area contributed by atoms with Crippen LogP contribution < -0.4 is 5.43 Å². The molecule has 0 fully saturated rings. The largest absolute Gasteiger partial charge is 0.283 e. The van der Waals surface area contributed by atoms with Crippen molar-refractivity contribution < 1.29 is 4.79 Å². The molecule has 3 aromatic rings. The Kier molecular flexibility index (Phi) is 5.16. The topological polar surface area (TPSA) is 41.5 Å². The third kappa shape index (κ3) is 3.50. The molecule has 118 valence electrons. The molecule has 2 heterocycles. The van der Waals surface area contributed by atoms with Crippen LogP contribution in [0.3, 0.4) is 0 Å². The minimum Gasteiger partial charge on any atom is -0.266 e. The second-order valence-electron chi connectivity index (χ2n) is 4.72. The molecule has 0 bridgehead atoms. The number of hydrazone groups is 1. The average Bonchev–Trinajstić information content (AvgIpc) is 3.16. The predicted molar refractivity (Wildman–Crippen MR) is 103 cm³/mol. The first kappa shape index (κ1) is 16.6. The van der Waals surface area contributed by atoms with Gasteiger partial charge >= 0.3 is 0 Å². The highest BCUT2D eigenvalue weighted by atomic mass is 79.9. The summed E-state index contributed by atoms with van der Waals surface area (Å²) in [7, 11) is 0.